The monoisotopic (exact) mass is 372 g/mol. The molecular weight excluding hydrogens is 348 g/mol. The van der Waals surface area contributed by atoms with Gasteiger partial charge in [0.2, 0.25) is 11.5 Å². The minimum atomic E-state index is -0.425. The zero-order valence-electron chi connectivity index (χ0n) is 15.6. The first-order valence-corrected chi connectivity index (χ1v) is 9.00. The second-order valence-electron chi connectivity index (χ2n) is 6.95. The number of esters is 1. The zero-order valence-corrected chi connectivity index (χ0v) is 15.6. The molecule has 0 amide bonds. The molecule has 3 atom stereocenters. The van der Waals surface area contributed by atoms with Crippen molar-refractivity contribution in [2.75, 3.05) is 13.7 Å². The fourth-order valence-electron chi connectivity index (χ4n) is 3.32. The van der Waals surface area contributed by atoms with Crippen molar-refractivity contribution in [3.63, 3.8) is 0 Å². The van der Waals surface area contributed by atoms with Gasteiger partial charge in [-0.3, -0.25) is 4.79 Å². The SMILES string of the molecule is C=C(C)COC1CCC2C(=O)C(Oc3ccc(C(=O)OC)cc3)=COC2C1. The number of allylic oxidation sites excluding steroid dienone is 1. The minimum Gasteiger partial charge on any atom is -0.493 e. The Hall–Kier alpha value is -2.60. The first kappa shape index (κ1) is 19.2. The molecule has 3 rings (SSSR count). The predicted octanol–water partition coefficient (Wildman–Crippen LogP) is 3.42. The highest BCUT2D eigenvalue weighted by molar-refractivity contribution is 5.96. The van der Waals surface area contributed by atoms with Gasteiger partial charge >= 0.3 is 5.97 Å². The van der Waals surface area contributed by atoms with Crippen LogP contribution in [0.25, 0.3) is 0 Å². The molecule has 27 heavy (non-hydrogen) atoms. The minimum absolute atomic E-state index is 0.0540. The van der Waals surface area contributed by atoms with Gasteiger partial charge in [-0.1, -0.05) is 12.2 Å². The van der Waals surface area contributed by atoms with E-state index in [-0.39, 0.29) is 29.7 Å². The molecule has 1 fully saturated rings. The Bertz CT molecular complexity index is 748. The van der Waals surface area contributed by atoms with Gasteiger partial charge in [0.1, 0.15) is 18.1 Å². The first-order chi connectivity index (χ1) is 13.0. The van der Waals surface area contributed by atoms with Crippen LogP contribution >= 0.6 is 0 Å². The summed E-state index contributed by atoms with van der Waals surface area (Å²) in [6.07, 6.45) is 3.48. The third-order valence-corrected chi connectivity index (χ3v) is 4.74. The standard InChI is InChI=1S/C21H24O6/c1-13(2)11-25-16-8-9-17-18(10-16)26-12-19(20(17)22)27-15-6-4-14(5-7-15)21(23)24-3/h4-7,12,16-18H,1,8-11H2,2-3H3. The molecule has 0 bridgehead atoms. The number of methoxy groups -OCH3 is 1. The molecular formula is C21H24O6. The molecule has 0 aromatic heterocycles. The molecule has 3 unspecified atom stereocenters. The molecule has 0 N–H and O–H groups in total. The predicted molar refractivity (Wildman–Crippen MR) is 98.3 cm³/mol. The van der Waals surface area contributed by atoms with Crippen LogP contribution in [0, 0.1) is 5.92 Å². The number of ether oxygens (including phenoxy) is 4. The van der Waals surface area contributed by atoms with Crippen LogP contribution in [-0.4, -0.2) is 37.7 Å². The maximum absolute atomic E-state index is 12.8. The van der Waals surface area contributed by atoms with Gasteiger partial charge in [-0.15, -0.1) is 0 Å². The van der Waals surface area contributed by atoms with Gasteiger partial charge in [0.05, 0.1) is 31.3 Å². The van der Waals surface area contributed by atoms with Crippen LogP contribution in [0.5, 0.6) is 5.75 Å². The molecule has 6 heteroatoms. The average Bonchev–Trinajstić information content (AvgIpc) is 2.68. The number of hydrogen-bond donors (Lipinski definition) is 0. The van der Waals surface area contributed by atoms with Crippen molar-refractivity contribution in [2.24, 2.45) is 5.92 Å². The van der Waals surface area contributed by atoms with Crippen LogP contribution in [0.2, 0.25) is 0 Å². The van der Waals surface area contributed by atoms with Crippen molar-refractivity contribution in [1.82, 2.24) is 0 Å². The quantitative estimate of drug-likeness (QED) is 0.563. The fourth-order valence-corrected chi connectivity index (χ4v) is 3.32. The highest BCUT2D eigenvalue weighted by atomic mass is 16.5. The first-order valence-electron chi connectivity index (χ1n) is 9.00. The van der Waals surface area contributed by atoms with E-state index < -0.39 is 5.97 Å². The maximum Gasteiger partial charge on any atom is 0.337 e. The van der Waals surface area contributed by atoms with Crippen molar-refractivity contribution in [3.8, 4) is 5.75 Å². The van der Waals surface area contributed by atoms with Gasteiger partial charge in [-0.05, 0) is 44.0 Å². The zero-order chi connectivity index (χ0) is 19.4. The van der Waals surface area contributed by atoms with Gasteiger partial charge < -0.3 is 18.9 Å². The van der Waals surface area contributed by atoms with E-state index in [0.717, 1.165) is 12.0 Å². The highest BCUT2D eigenvalue weighted by Crippen LogP contribution is 2.35. The molecule has 1 heterocycles. The third-order valence-electron chi connectivity index (χ3n) is 4.74. The lowest BCUT2D eigenvalue weighted by Gasteiger charge is -2.37. The molecule has 1 aromatic carbocycles. The van der Waals surface area contributed by atoms with E-state index in [1.54, 1.807) is 24.3 Å². The summed E-state index contributed by atoms with van der Waals surface area (Å²) >= 11 is 0. The number of carbonyl (C=O) groups is 2. The van der Waals surface area contributed by atoms with Crippen molar-refractivity contribution in [1.29, 1.82) is 0 Å². The summed E-state index contributed by atoms with van der Waals surface area (Å²) in [6, 6.07) is 6.41. The van der Waals surface area contributed by atoms with E-state index >= 15 is 0 Å². The van der Waals surface area contributed by atoms with E-state index in [4.69, 9.17) is 14.2 Å². The Balaban J connectivity index is 1.61. The average molecular weight is 372 g/mol. The van der Waals surface area contributed by atoms with E-state index in [2.05, 4.69) is 11.3 Å². The van der Waals surface area contributed by atoms with Crippen LogP contribution < -0.4 is 4.74 Å². The van der Waals surface area contributed by atoms with E-state index in [0.29, 0.717) is 30.8 Å². The Kier molecular flexibility index (Phi) is 5.96. The molecule has 0 saturated heterocycles. The van der Waals surface area contributed by atoms with Crippen LogP contribution in [-0.2, 0) is 19.0 Å². The van der Waals surface area contributed by atoms with Gasteiger partial charge in [-0.2, -0.15) is 0 Å². The lowest BCUT2D eigenvalue weighted by molar-refractivity contribution is -0.133. The maximum atomic E-state index is 12.8. The highest BCUT2D eigenvalue weighted by Gasteiger charge is 2.41. The van der Waals surface area contributed by atoms with Crippen molar-refractivity contribution >= 4 is 11.8 Å². The lowest BCUT2D eigenvalue weighted by atomic mass is 9.80. The van der Waals surface area contributed by atoms with Crippen LogP contribution in [0.15, 0.2) is 48.4 Å². The Labute approximate surface area is 158 Å². The number of hydrogen-bond acceptors (Lipinski definition) is 6. The largest absolute Gasteiger partial charge is 0.493 e. The molecule has 1 aromatic rings. The topological polar surface area (TPSA) is 71.1 Å². The van der Waals surface area contributed by atoms with Crippen molar-refractivity contribution in [2.45, 2.75) is 38.4 Å². The molecule has 2 aliphatic rings. The van der Waals surface area contributed by atoms with Crippen molar-refractivity contribution < 1.29 is 28.5 Å². The summed E-state index contributed by atoms with van der Waals surface area (Å²) in [5.74, 6) is -0.0527. The number of benzene rings is 1. The van der Waals surface area contributed by atoms with Gasteiger partial charge in [0, 0.05) is 6.42 Å². The fraction of sp³-hybridized carbons (Fsp3) is 0.429. The van der Waals surface area contributed by atoms with E-state index in [1.807, 2.05) is 6.92 Å². The van der Waals surface area contributed by atoms with Gasteiger partial charge in [0.15, 0.2) is 0 Å². The molecule has 0 spiro atoms. The van der Waals surface area contributed by atoms with Gasteiger partial charge in [-0.25, -0.2) is 4.79 Å². The summed E-state index contributed by atoms with van der Waals surface area (Å²) in [4.78, 5) is 24.2. The van der Waals surface area contributed by atoms with Crippen LogP contribution in [0.1, 0.15) is 36.5 Å². The summed E-state index contributed by atoms with van der Waals surface area (Å²) in [6.45, 7) is 6.30. The third kappa shape index (κ3) is 4.57. The Morgan fingerprint density at radius 2 is 2.00 bits per heavy atom. The number of rotatable bonds is 6. The smallest absolute Gasteiger partial charge is 0.337 e. The summed E-state index contributed by atoms with van der Waals surface area (Å²) < 4.78 is 21.9. The van der Waals surface area contributed by atoms with Crippen molar-refractivity contribution in [3.05, 3.63) is 54.0 Å². The molecule has 6 nitrogen and oxygen atoms in total. The number of carbonyl (C=O) groups excluding carboxylic acids is 2. The Morgan fingerprint density at radius 1 is 1.26 bits per heavy atom. The number of fused-ring (bicyclic) bond motifs is 1. The Morgan fingerprint density at radius 3 is 2.67 bits per heavy atom. The molecule has 1 aliphatic carbocycles. The summed E-state index contributed by atoms with van der Waals surface area (Å²) in [5.41, 5.74) is 1.39. The number of Topliss-reactive ketones (excluding diaryl/α,β-unsaturated/α-hetero) is 1. The number of ketones is 1. The molecule has 0 radical (unpaired) electrons. The summed E-state index contributed by atoms with van der Waals surface area (Å²) in [5, 5.41) is 0. The van der Waals surface area contributed by atoms with Crippen LogP contribution in [0.4, 0.5) is 0 Å². The van der Waals surface area contributed by atoms with Crippen LogP contribution in [0.3, 0.4) is 0 Å². The second-order valence-corrected chi connectivity index (χ2v) is 6.95. The molecule has 1 saturated carbocycles. The van der Waals surface area contributed by atoms with Gasteiger partial charge in [0.25, 0.3) is 0 Å². The van der Waals surface area contributed by atoms with E-state index in [9.17, 15) is 9.59 Å². The van der Waals surface area contributed by atoms with E-state index in [1.165, 1.54) is 13.4 Å². The second kappa shape index (κ2) is 8.39. The molecule has 1 aliphatic heterocycles. The summed E-state index contributed by atoms with van der Waals surface area (Å²) in [7, 11) is 1.32. The molecule has 144 valence electrons. The normalized spacial score (nSPS) is 24.3. The lowest BCUT2D eigenvalue weighted by Crippen LogP contribution is -2.42.